The maximum absolute atomic E-state index is 10.5. The van der Waals surface area contributed by atoms with Crippen LogP contribution in [0.2, 0.25) is 0 Å². The Labute approximate surface area is 107 Å². The van der Waals surface area contributed by atoms with Gasteiger partial charge in [0.1, 0.15) is 17.5 Å². The highest BCUT2D eigenvalue weighted by atomic mass is 16.5. The van der Waals surface area contributed by atoms with E-state index in [0.717, 1.165) is 16.7 Å². The Hall–Kier alpha value is -1.87. The molecule has 1 unspecified atom stereocenters. The van der Waals surface area contributed by atoms with Crippen LogP contribution in [0.4, 0.5) is 0 Å². The molecule has 3 nitrogen and oxygen atoms in total. The number of nitrogens with zero attached hydrogens (tertiary/aromatic N) is 1. The van der Waals surface area contributed by atoms with Crippen LogP contribution in [0, 0.1) is 13.8 Å². The molecule has 1 aromatic heterocycles. The van der Waals surface area contributed by atoms with E-state index in [2.05, 4.69) is 4.98 Å². The summed E-state index contributed by atoms with van der Waals surface area (Å²) in [6.45, 7) is 4.03. The summed E-state index contributed by atoms with van der Waals surface area (Å²) in [5, 5.41) is 10.5. The molecule has 94 valence electrons. The van der Waals surface area contributed by atoms with Crippen LogP contribution in [-0.4, -0.2) is 17.2 Å². The molecule has 1 atom stereocenters. The van der Waals surface area contributed by atoms with Gasteiger partial charge in [-0.25, -0.2) is 0 Å². The van der Waals surface area contributed by atoms with Crippen molar-refractivity contribution < 1.29 is 9.84 Å². The first-order valence-electron chi connectivity index (χ1n) is 5.88. The Kier molecular flexibility index (Phi) is 3.63. The van der Waals surface area contributed by atoms with Crippen LogP contribution in [0.3, 0.4) is 0 Å². The molecule has 0 amide bonds. The number of aryl methyl sites for hydroxylation is 1. The molecule has 1 heterocycles. The molecule has 18 heavy (non-hydrogen) atoms. The van der Waals surface area contributed by atoms with E-state index in [1.807, 2.05) is 32.0 Å². The van der Waals surface area contributed by atoms with Gasteiger partial charge >= 0.3 is 0 Å². The minimum Gasteiger partial charge on any atom is -0.495 e. The van der Waals surface area contributed by atoms with Crippen molar-refractivity contribution in [2.45, 2.75) is 20.0 Å². The lowest BCUT2D eigenvalue weighted by molar-refractivity contribution is 0.208. The van der Waals surface area contributed by atoms with Crippen molar-refractivity contribution in [2.75, 3.05) is 7.11 Å². The number of hydrogen-bond acceptors (Lipinski definition) is 3. The molecule has 3 heteroatoms. The number of pyridine rings is 1. The standard InChI is InChI=1S/C15H17NO2/c1-10-6-4-7-12(11(10)2)15(17)14-13(18-3)8-5-9-16-14/h4-9,15,17H,1-3H3. The average Bonchev–Trinajstić information content (AvgIpc) is 2.41. The van der Waals surface area contributed by atoms with Gasteiger partial charge < -0.3 is 9.84 Å². The van der Waals surface area contributed by atoms with Gasteiger partial charge in [0.25, 0.3) is 0 Å². The summed E-state index contributed by atoms with van der Waals surface area (Å²) >= 11 is 0. The Morgan fingerprint density at radius 2 is 1.94 bits per heavy atom. The van der Waals surface area contributed by atoms with Crippen LogP contribution in [-0.2, 0) is 0 Å². The van der Waals surface area contributed by atoms with Crippen LogP contribution in [0.5, 0.6) is 5.75 Å². The topological polar surface area (TPSA) is 42.4 Å². The second kappa shape index (κ2) is 5.19. The lowest BCUT2D eigenvalue weighted by Crippen LogP contribution is -2.07. The second-order valence-electron chi connectivity index (χ2n) is 4.28. The first-order valence-corrected chi connectivity index (χ1v) is 5.88. The third-order valence-electron chi connectivity index (χ3n) is 3.22. The van der Waals surface area contributed by atoms with E-state index in [9.17, 15) is 5.11 Å². The Morgan fingerprint density at radius 1 is 1.17 bits per heavy atom. The fourth-order valence-electron chi connectivity index (χ4n) is 2.00. The van der Waals surface area contributed by atoms with Crippen molar-refractivity contribution in [3.8, 4) is 5.75 Å². The number of methoxy groups -OCH3 is 1. The van der Waals surface area contributed by atoms with Crippen LogP contribution in [0.25, 0.3) is 0 Å². The van der Waals surface area contributed by atoms with E-state index in [4.69, 9.17) is 4.74 Å². The normalized spacial score (nSPS) is 12.2. The lowest BCUT2D eigenvalue weighted by atomic mass is 9.97. The van der Waals surface area contributed by atoms with Crippen molar-refractivity contribution in [1.29, 1.82) is 0 Å². The minimum absolute atomic E-state index is 0.550. The highest BCUT2D eigenvalue weighted by molar-refractivity contribution is 5.41. The largest absolute Gasteiger partial charge is 0.495 e. The molecule has 0 aliphatic rings. The number of aliphatic hydroxyl groups is 1. The molecule has 2 rings (SSSR count). The Balaban J connectivity index is 2.48. The quantitative estimate of drug-likeness (QED) is 0.901. The summed E-state index contributed by atoms with van der Waals surface area (Å²) in [7, 11) is 1.58. The van der Waals surface area contributed by atoms with Crippen LogP contribution >= 0.6 is 0 Å². The minimum atomic E-state index is -0.763. The monoisotopic (exact) mass is 243 g/mol. The summed E-state index contributed by atoms with van der Waals surface area (Å²) in [5.74, 6) is 0.603. The summed E-state index contributed by atoms with van der Waals surface area (Å²) in [6, 6.07) is 9.48. The molecule has 1 N–H and O–H groups in total. The van der Waals surface area contributed by atoms with E-state index >= 15 is 0 Å². The molecule has 0 aliphatic heterocycles. The second-order valence-corrected chi connectivity index (χ2v) is 4.28. The third kappa shape index (κ3) is 2.22. The summed E-state index contributed by atoms with van der Waals surface area (Å²) in [4.78, 5) is 4.22. The van der Waals surface area contributed by atoms with E-state index in [1.54, 1.807) is 25.4 Å². The molecule has 0 aliphatic carbocycles. The van der Waals surface area contributed by atoms with Crippen molar-refractivity contribution in [3.05, 3.63) is 58.9 Å². The van der Waals surface area contributed by atoms with Gasteiger partial charge in [0.2, 0.25) is 0 Å². The van der Waals surface area contributed by atoms with Gasteiger partial charge in [-0.2, -0.15) is 0 Å². The van der Waals surface area contributed by atoms with Gasteiger partial charge in [-0.3, -0.25) is 4.98 Å². The lowest BCUT2D eigenvalue weighted by Gasteiger charge is -2.16. The number of aromatic nitrogens is 1. The highest BCUT2D eigenvalue weighted by Crippen LogP contribution is 2.30. The summed E-state index contributed by atoms with van der Waals surface area (Å²) in [6.07, 6.45) is 0.896. The molecule has 2 aromatic rings. The maximum atomic E-state index is 10.5. The van der Waals surface area contributed by atoms with Gasteiger partial charge in [0, 0.05) is 6.20 Å². The predicted molar refractivity (Wildman–Crippen MR) is 70.8 cm³/mol. The van der Waals surface area contributed by atoms with Crippen molar-refractivity contribution in [1.82, 2.24) is 4.98 Å². The summed E-state index contributed by atoms with van der Waals surface area (Å²) in [5.41, 5.74) is 3.65. The van der Waals surface area contributed by atoms with Crippen molar-refractivity contribution >= 4 is 0 Å². The molecule has 0 saturated heterocycles. The van der Waals surface area contributed by atoms with Gasteiger partial charge in [-0.15, -0.1) is 0 Å². The highest BCUT2D eigenvalue weighted by Gasteiger charge is 2.18. The molecule has 0 saturated carbocycles. The van der Waals surface area contributed by atoms with Crippen LogP contribution < -0.4 is 4.74 Å². The first kappa shape index (κ1) is 12.6. The molecule has 0 fully saturated rings. The third-order valence-corrected chi connectivity index (χ3v) is 3.22. The van der Waals surface area contributed by atoms with E-state index in [1.165, 1.54) is 0 Å². The zero-order valence-corrected chi connectivity index (χ0v) is 10.8. The first-order chi connectivity index (χ1) is 8.65. The Bertz CT molecular complexity index is 552. The van der Waals surface area contributed by atoms with E-state index in [-0.39, 0.29) is 0 Å². The number of aliphatic hydroxyl groups excluding tert-OH is 1. The maximum Gasteiger partial charge on any atom is 0.143 e. The fraction of sp³-hybridized carbons (Fsp3) is 0.267. The van der Waals surface area contributed by atoms with Crippen LogP contribution in [0.15, 0.2) is 36.5 Å². The van der Waals surface area contributed by atoms with Gasteiger partial charge in [0.05, 0.1) is 7.11 Å². The Morgan fingerprint density at radius 3 is 2.67 bits per heavy atom. The van der Waals surface area contributed by atoms with Gasteiger partial charge in [-0.05, 0) is 42.7 Å². The molecule has 1 aromatic carbocycles. The van der Waals surface area contributed by atoms with E-state index < -0.39 is 6.10 Å². The molecule has 0 bridgehead atoms. The number of hydrogen-bond donors (Lipinski definition) is 1. The van der Waals surface area contributed by atoms with Crippen molar-refractivity contribution in [2.24, 2.45) is 0 Å². The molecule has 0 radical (unpaired) electrons. The average molecular weight is 243 g/mol. The molecular weight excluding hydrogens is 226 g/mol. The van der Waals surface area contributed by atoms with E-state index in [0.29, 0.717) is 11.4 Å². The zero-order valence-electron chi connectivity index (χ0n) is 10.8. The zero-order chi connectivity index (χ0) is 13.1. The number of rotatable bonds is 3. The molecule has 0 spiro atoms. The number of benzene rings is 1. The fourth-order valence-corrected chi connectivity index (χ4v) is 2.00. The smallest absolute Gasteiger partial charge is 0.143 e. The van der Waals surface area contributed by atoms with Gasteiger partial charge in [-0.1, -0.05) is 18.2 Å². The predicted octanol–water partition coefficient (Wildman–Crippen LogP) is 2.79. The molecular formula is C15H17NO2. The van der Waals surface area contributed by atoms with Crippen molar-refractivity contribution in [3.63, 3.8) is 0 Å². The SMILES string of the molecule is COc1cccnc1C(O)c1cccc(C)c1C. The van der Waals surface area contributed by atoms with Crippen LogP contribution in [0.1, 0.15) is 28.5 Å². The van der Waals surface area contributed by atoms with Gasteiger partial charge in [0.15, 0.2) is 0 Å². The summed E-state index contributed by atoms with van der Waals surface area (Å²) < 4.78 is 5.24. The number of ether oxygens (including phenoxy) is 1.